The molecule has 1 aromatic heterocycles. The standard InChI is InChI=1S/C24H30N6O2/c31-24(12-14-30-23(26-27-28-30)19-29-15-17-32-18-16-29)25-13-11-22(20-7-3-1-4-8-20)21-9-5-2-6-10-21/h1-10,22H,11-19H2,(H,25,31). The Bertz CT molecular complexity index is 917. The predicted molar refractivity (Wildman–Crippen MR) is 121 cm³/mol. The summed E-state index contributed by atoms with van der Waals surface area (Å²) in [7, 11) is 0. The fraction of sp³-hybridized carbons (Fsp3) is 0.417. The molecule has 8 heteroatoms. The Morgan fingerprint density at radius 2 is 1.66 bits per heavy atom. The number of amides is 1. The number of carbonyl (C=O) groups excluding carboxylic acids is 1. The van der Waals surface area contributed by atoms with Crippen molar-refractivity contribution in [2.24, 2.45) is 0 Å². The Balaban J connectivity index is 1.26. The lowest BCUT2D eigenvalue weighted by Crippen LogP contribution is -2.36. The first kappa shape index (κ1) is 22.1. The molecule has 1 aliphatic rings. The Morgan fingerprint density at radius 3 is 2.31 bits per heavy atom. The summed E-state index contributed by atoms with van der Waals surface area (Å²) < 4.78 is 7.11. The summed E-state index contributed by atoms with van der Waals surface area (Å²) in [5, 5.41) is 15.0. The van der Waals surface area contributed by atoms with E-state index in [0.29, 0.717) is 26.1 Å². The quantitative estimate of drug-likeness (QED) is 0.527. The zero-order valence-corrected chi connectivity index (χ0v) is 18.3. The average Bonchev–Trinajstić information content (AvgIpc) is 3.29. The van der Waals surface area contributed by atoms with Gasteiger partial charge >= 0.3 is 0 Å². The van der Waals surface area contributed by atoms with Crippen molar-refractivity contribution in [1.82, 2.24) is 30.4 Å². The number of aryl methyl sites for hydroxylation is 1. The van der Waals surface area contributed by atoms with Gasteiger partial charge in [0.15, 0.2) is 5.82 Å². The lowest BCUT2D eigenvalue weighted by atomic mass is 9.88. The lowest BCUT2D eigenvalue weighted by Gasteiger charge is -2.25. The third-order valence-corrected chi connectivity index (χ3v) is 5.78. The number of hydrogen-bond acceptors (Lipinski definition) is 6. The molecule has 0 radical (unpaired) electrons. The molecule has 0 spiro atoms. The predicted octanol–water partition coefficient (Wildman–Crippen LogP) is 2.23. The number of morpholine rings is 1. The van der Waals surface area contributed by atoms with E-state index in [2.05, 4.69) is 74.3 Å². The van der Waals surface area contributed by atoms with Crippen LogP contribution in [0.1, 0.15) is 35.7 Å². The van der Waals surface area contributed by atoms with Gasteiger partial charge in [-0.3, -0.25) is 9.69 Å². The Hall–Kier alpha value is -3.10. The molecular weight excluding hydrogens is 404 g/mol. The monoisotopic (exact) mass is 434 g/mol. The number of hydrogen-bond donors (Lipinski definition) is 1. The van der Waals surface area contributed by atoms with Crippen molar-refractivity contribution in [2.45, 2.75) is 31.8 Å². The van der Waals surface area contributed by atoms with Gasteiger partial charge in [-0.2, -0.15) is 0 Å². The summed E-state index contributed by atoms with van der Waals surface area (Å²) >= 11 is 0. The molecule has 4 rings (SSSR count). The van der Waals surface area contributed by atoms with E-state index in [0.717, 1.165) is 38.5 Å². The molecule has 8 nitrogen and oxygen atoms in total. The van der Waals surface area contributed by atoms with Crippen LogP contribution in [0.15, 0.2) is 60.7 Å². The Labute approximate surface area is 188 Å². The van der Waals surface area contributed by atoms with Crippen molar-refractivity contribution in [3.8, 4) is 0 Å². The van der Waals surface area contributed by atoms with E-state index >= 15 is 0 Å². The van der Waals surface area contributed by atoms with Gasteiger partial charge in [0.25, 0.3) is 0 Å². The van der Waals surface area contributed by atoms with E-state index < -0.39 is 0 Å². The molecule has 1 N–H and O–H groups in total. The van der Waals surface area contributed by atoms with Gasteiger partial charge in [-0.15, -0.1) is 5.10 Å². The zero-order chi connectivity index (χ0) is 22.0. The van der Waals surface area contributed by atoms with Gasteiger partial charge in [0, 0.05) is 32.0 Å². The molecule has 3 aromatic rings. The maximum absolute atomic E-state index is 12.5. The van der Waals surface area contributed by atoms with Crippen LogP contribution in [0.2, 0.25) is 0 Å². The second-order valence-electron chi connectivity index (χ2n) is 7.97. The zero-order valence-electron chi connectivity index (χ0n) is 18.3. The molecule has 2 aromatic carbocycles. The first-order valence-corrected chi connectivity index (χ1v) is 11.2. The first-order chi connectivity index (χ1) is 15.8. The van der Waals surface area contributed by atoms with Crippen molar-refractivity contribution in [3.63, 3.8) is 0 Å². The third-order valence-electron chi connectivity index (χ3n) is 5.78. The van der Waals surface area contributed by atoms with E-state index in [9.17, 15) is 4.79 Å². The summed E-state index contributed by atoms with van der Waals surface area (Å²) in [6.07, 6.45) is 1.19. The smallest absolute Gasteiger partial charge is 0.221 e. The van der Waals surface area contributed by atoms with Crippen molar-refractivity contribution < 1.29 is 9.53 Å². The number of aromatic nitrogens is 4. The van der Waals surface area contributed by atoms with E-state index in [1.807, 2.05) is 12.1 Å². The molecule has 168 valence electrons. The molecule has 32 heavy (non-hydrogen) atoms. The molecule has 1 fully saturated rings. The SMILES string of the molecule is O=C(CCn1nnnc1CN1CCOCC1)NCCC(c1ccccc1)c1ccccc1. The molecule has 1 aliphatic heterocycles. The van der Waals surface area contributed by atoms with Crippen molar-refractivity contribution in [1.29, 1.82) is 0 Å². The highest BCUT2D eigenvalue weighted by Gasteiger charge is 2.17. The lowest BCUT2D eigenvalue weighted by molar-refractivity contribution is -0.121. The van der Waals surface area contributed by atoms with Gasteiger partial charge in [-0.1, -0.05) is 60.7 Å². The number of benzene rings is 2. The van der Waals surface area contributed by atoms with Crippen LogP contribution in [0.5, 0.6) is 0 Å². The number of rotatable bonds is 10. The molecule has 1 saturated heterocycles. The maximum atomic E-state index is 12.5. The van der Waals surface area contributed by atoms with E-state index in [-0.39, 0.29) is 11.8 Å². The highest BCUT2D eigenvalue weighted by Crippen LogP contribution is 2.27. The highest BCUT2D eigenvalue weighted by molar-refractivity contribution is 5.75. The molecule has 0 saturated carbocycles. The normalized spacial score (nSPS) is 14.5. The average molecular weight is 435 g/mol. The molecule has 0 bridgehead atoms. The number of nitrogens with zero attached hydrogens (tertiary/aromatic N) is 5. The van der Waals surface area contributed by atoms with Crippen LogP contribution in [0.4, 0.5) is 0 Å². The van der Waals surface area contributed by atoms with Crippen molar-refractivity contribution in [3.05, 3.63) is 77.6 Å². The molecule has 0 aliphatic carbocycles. The summed E-state index contributed by atoms with van der Waals surface area (Å²) in [4.78, 5) is 14.7. The van der Waals surface area contributed by atoms with Crippen molar-refractivity contribution >= 4 is 5.91 Å². The van der Waals surface area contributed by atoms with E-state index in [1.54, 1.807) is 4.68 Å². The Kier molecular flexibility index (Phi) is 7.94. The summed E-state index contributed by atoms with van der Waals surface area (Å²) in [5.41, 5.74) is 2.52. The number of nitrogens with one attached hydrogen (secondary N) is 1. The van der Waals surface area contributed by atoms with Gasteiger partial charge in [0.2, 0.25) is 5.91 Å². The van der Waals surface area contributed by atoms with Gasteiger partial charge in [-0.25, -0.2) is 4.68 Å². The van der Waals surface area contributed by atoms with Crippen LogP contribution in [-0.4, -0.2) is 63.9 Å². The first-order valence-electron chi connectivity index (χ1n) is 11.2. The molecular formula is C24H30N6O2. The molecule has 1 amide bonds. The van der Waals surface area contributed by atoms with Crippen molar-refractivity contribution in [2.75, 3.05) is 32.8 Å². The second-order valence-corrected chi connectivity index (χ2v) is 7.97. The summed E-state index contributed by atoms with van der Waals surface area (Å²) in [6.45, 7) is 4.97. The Morgan fingerprint density at radius 1 is 1.00 bits per heavy atom. The van der Waals surface area contributed by atoms with E-state index in [4.69, 9.17) is 4.74 Å². The van der Waals surface area contributed by atoms with Gasteiger partial charge in [-0.05, 0) is 28.0 Å². The minimum atomic E-state index is 0.0118. The van der Waals surface area contributed by atoms with E-state index in [1.165, 1.54) is 11.1 Å². The highest BCUT2D eigenvalue weighted by atomic mass is 16.5. The topological polar surface area (TPSA) is 85.2 Å². The van der Waals surface area contributed by atoms with Crippen LogP contribution < -0.4 is 5.32 Å². The second kappa shape index (κ2) is 11.5. The minimum Gasteiger partial charge on any atom is -0.379 e. The molecule has 0 unspecified atom stereocenters. The van der Waals surface area contributed by atoms with Crippen LogP contribution in [0.25, 0.3) is 0 Å². The molecule has 0 atom stereocenters. The van der Waals surface area contributed by atoms with Crippen LogP contribution >= 0.6 is 0 Å². The number of tetrazole rings is 1. The van der Waals surface area contributed by atoms with Crippen LogP contribution in [0.3, 0.4) is 0 Å². The third kappa shape index (κ3) is 6.21. The fourth-order valence-electron chi connectivity index (χ4n) is 4.02. The fourth-order valence-corrected chi connectivity index (χ4v) is 4.02. The minimum absolute atomic E-state index is 0.0118. The van der Waals surface area contributed by atoms with Gasteiger partial charge in [0.1, 0.15) is 0 Å². The van der Waals surface area contributed by atoms with Crippen LogP contribution in [0, 0.1) is 0 Å². The molecule has 2 heterocycles. The van der Waals surface area contributed by atoms with Gasteiger partial charge < -0.3 is 10.1 Å². The maximum Gasteiger partial charge on any atom is 0.221 e. The summed E-state index contributed by atoms with van der Waals surface area (Å²) in [6, 6.07) is 20.9. The van der Waals surface area contributed by atoms with Crippen LogP contribution in [-0.2, 0) is 22.6 Å². The largest absolute Gasteiger partial charge is 0.379 e. The number of carbonyl (C=O) groups is 1. The summed E-state index contributed by atoms with van der Waals surface area (Å²) in [5.74, 6) is 1.04. The van der Waals surface area contributed by atoms with Gasteiger partial charge in [0.05, 0.1) is 26.3 Å². The number of ether oxygens (including phenoxy) is 1.